The Morgan fingerprint density at radius 1 is 1.38 bits per heavy atom. The van der Waals surface area contributed by atoms with Crippen LogP contribution in [-0.4, -0.2) is 17.4 Å². The van der Waals surface area contributed by atoms with Gasteiger partial charge in [-0.2, -0.15) is 0 Å². The number of aromatic nitrogens is 1. The second kappa shape index (κ2) is 5.61. The predicted molar refractivity (Wildman–Crippen MR) is 78.7 cm³/mol. The molecule has 5 heteroatoms. The van der Waals surface area contributed by atoms with E-state index in [1.165, 1.54) is 0 Å². The summed E-state index contributed by atoms with van der Waals surface area (Å²) in [6.07, 6.45) is 2.18. The average molecular weight is 285 g/mol. The standard InChI is InChI=1S/C16H16FN3O/c1-10-3-2-7-19-15(10)16(21)20-13-5-4-11-9-18-8-6-12(11)14(13)17/h2-5,7,18H,6,8-9H2,1H3,(H,20,21). The smallest absolute Gasteiger partial charge is 0.274 e. The lowest BCUT2D eigenvalue weighted by Gasteiger charge is -2.19. The van der Waals surface area contributed by atoms with Crippen molar-refractivity contribution in [1.82, 2.24) is 10.3 Å². The summed E-state index contributed by atoms with van der Waals surface area (Å²) in [4.78, 5) is 16.2. The minimum Gasteiger partial charge on any atom is -0.318 e. The normalized spacial score (nSPS) is 13.6. The summed E-state index contributed by atoms with van der Waals surface area (Å²) < 4.78 is 14.5. The van der Waals surface area contributed by atoms with E-state index in [4.69, 9.17) is 0 Å². The van der Waals surface area contributed by atoms with Gasteiger partial charge in [-0.05, 0) is 48.7 Å². The molecule has 1 aliphatic heterocycles. The molecule has 0 radical (unpaired) electrons. The molecule has 0 saturated carbocycles. The minimum atomic E-state index is -0.388. The third-order valence-corrected chi connectivity index (χ3v) is 3.68. The molecular weight excluding hydrogens is 269 g/mol. The average Bonchev–Trinajstić information content (AvgIpc) is 2.51. The van der Waals surface area contributed by atoms with Gasteiger partial charge in [-0.15, -0.1) is 0 Å². The molecular formula is C16H16FN3O. The Labute approximate surface area is 122 Å². The van der Waals surface area contributed by atoms with Crippen molar-refractivity contribution in [3.8, 4) is 0 Å². The molecule has 108 valence electrons. The van der Waals surface area contributed by atoms with Gasteiger partial charge in [-0.25, -0.2) is 4.39 Å². The number of halogens is 1. The summed E-state index contributed by atoms with van der Waals surface area (Å²) in [5.41, 5.74) is 2.93. The third kappa shape index (κ3) is 2.64. The fourth-order valence-corrected chi connectivity index (χ4v) is 2.54. The molecule has 0 saturated heterocycles. The molecule has 2 aromatic rings. The number of nitrogens with one attached hydrogen (secondary N) is 2. The molecule has 0 unspecified atom stereocenters. The quantitative estimate of drug-likeness (QED) is 0.891. The fraction of sp³-hybridized carbons (Fsp3) is 0.250. The van der Waals surface area contributed by atoms with Crippen molar-refractivity contribution in [2.75, 3.05) is 11.9 Å². The van der Waals surface area contributed by atoms with E-state index < -0.39 is 0 Å². The number of benzene rings is 1. The van der Waals surface area contributed by atoms with Crippen LogP contribution in [0.1, 0.15) is 27.2 Å². The van der Waals surface area contributed by atoms with Gasteiger partial charge in [0.2, 0.25) is 0 Å². The van der Waals surface area contributed by atoms with Crippen molar-refractivity contribution in [1.29, 1.82) is 0 Å². The fourth-order valence-electron chi connectivity index (χ4n) is 2.54. The molecule has 1 aromatic heterocycles. The first-order valence-corrected chi connectivity index (χ1v) is 6.91. The Kier molecular flexibility index (Phi) is 3.66. The lowest BCUT2D eigenvalue weighted by molar-refractivity contribution is 0.102. The van der Waals surface area contributed by atoms with Crippen LogP contribution in [-0.2, 0) is 13.0 Å². The maximum atomic E-state index is 14.5. The van der Waals surface area contributed by atoms with Gasteiger partial charge in [0.05, 0.1) is 5.69 Å². The number of pyridine rings is 1. The molecule has 1 aromatic carbocycles. The molecule has 21 heavy (non-hydrogen) atoms. The zero-order valence-electron chi connectivity index (χ0n) is 11.7. The van der Waals surface area contributed by atoms with Gasteiger partial charge in [0.25, 0.3) is 5.91 Å². The minimum absolute atomic E-state index is 0.214. The van der Waals surface area contributed by atoms with E-state index in [1.54, 1.807) is 31.3 Å². The highest BCUT2D eigenvalue weighted by molar-refractivity contribution is 6.03. The molecule has 1 amide bonds. The summed E-state index contributed by atoms with van der Waals surface area (Å²) >= 11 is 0. The van der Waals surface area contributed by atoms with Crippen LogP contribution in [0.5, 0.6) is 0 Å². The van der Waals surface area contributed by atoms with Gasteiger partial charge >= 0.3 is 0 Å². The molecule has 0 atom stereocenters. The number of hydrogen-bond acceptors (Lipinski definition) is 3. The monoisotopic (exact) mass is 285 g/mol. The van der Waals surface area contributed by atoms with Gasteiger partial charge in [0.15, 0.2) is 0 Å². The molecule has 2 heterocycles. The van der Waals surface area contributed by atoms with Crippen molar-refractivity contribution in [3.05, 3.63) is 58.7 Å². The Hall–Kier alpha value is -2.27. The van der Waals surface area contributed by atoms with Gasteiger partial charge < -0.3 is 10.6 Å². The number of anilines is 1. The number of fused-ring (bicyclic) bond motifs is 1. The summed E-state index contributed by atoms with van der Waals surface area (Å²) in [5, 5.41) is 5.82. The van der Waals surface area contributed by atoms with Gasteiger partial charge in [0.1, 0.15) is 11.5 Å². The van der Waals surface area contributed by atoms with E-state index >= 15 is 0 Å². The number of amides is 1. The van der Waals surface area contributed by atoms with Crippen LogP contribution in [0.2, 0.25) is 0 Å². The predicted octanol–water partition coefficient (Wildman–Crippen LogP) is 2.43. The zero-order chi connectivity index (χ0) is 14.8. The first-order valence-electron chi connectivity index (χ1n) is 6.91. The molecule has 3 rings (SSSR count). The zero-order valence-corrected chi connectivity index (χ0v) is 11.7. The Bertz CT molecular complexity index is 700. The largest absolute Gasteiger partial charge is 0.318 e. The lowest BCUT2D eigenvalue weighted by Crippen LogP contribution is -2.25. The molecule has 0 fully saturated rings. The van der Waals surface area contributed by atoms with Gasteiger partial charge in [-0.3, -0.25) is 9.78 Å². The summed E-state index contributed by atoms with van der Waals surface area (Å²) in [5.74, 6) is -0.725. The molecule has 2 N–H and O–H groups in total. The van der Waals surface area contributed by atoms with E-state index in [9.17, 15) is 9.18 Å². The number of rotatable bonds is 2. The van der Waals surface area contributed by atoms with Crippen molar-refractivity contribution >= 4 is 11.6 Å². The summed E-state index contributed by atoms with van der Waals surface area (Å²) in [7, 11) is 0. The number of carbonyl (C=O) groups is 1. The second-order valence-electron chi connectivity index (χ2n) is 5.11. The van der Waals surface area contributed by atoms with Crippen LogP contribution in [0.15, 0.2) is 30.5 Å². The third-order valence-electron chi connectivity index (χ3n) is 3.68. The Morgan fingerprint density at radius 3 is 3.05 bits per heavy atom. The molecule has 4 nitrogen and oxygen atoms in total. The molecule has 0 aliphatic carbocycles. The first kappa shape index (κ1) is 13.7. The van der Waals surface area contributed by atoms with E-state index in [-0.39, 0.29) is 17.4 Å². The number of hydrogen-bond donors (Lipinski definition) is 2. The topological polar surface area (TPSA) is 54.0 Å². The Balaban J connectivity index is 1.89. The summed E-state index contributed by atoms with van der Waals surface area (Å²) in [6, 6.07) is 7.03. The van der Waals surface area contributed by atoms with E-state index in [0.29, 0.717) is 24.2 Å². The number of nitrogens with zero attached hydrogens (tertiary/aromatic N) is 1. The highest BCUT2D eigenvalue weighted by atomic mass is 19.1. The van der Waals surface area contributed by atoms with Gasteiger partial charge in [-0.1, -0.05) is 12.1 Å². The van der Waals surface area contributed by atoms with E-state index in [0.717, 1.165) is 17.7 Å². The van der Waals surface area contributed by atoms with Crippen LogP contribution >= 0.6 is 0 Å². The number of aryl methyl sites for hydroxylation is 1. The highest BCUT2D eigenvalue weighted by Crippen LogP contribution is 2.25. The maximum Gasteiger partial charge on any atom is 0.274 e. The van der Waals surface area contributed by atoms with Crippen LogP contribution in [0, 0.1) is 12.7 Å². The molecule has 0 spiro atoms. The SMILES string of the molecule is Cc1cccnc1C(=O)Nc1ccc2c(c1F)CCNC2. The molecule has 1 aliphatic rings. The van der Waals surface area contributed by atoms with Crippen LogP contribution in [0.4, 0.5) is 10.1 Å². The number of carbonyl (C=O) groups excluding carboxylic acids is 1. The van der Waals surface area contributed by atoms with Crippen molar-refractivity contribution in [2.24, 2.45) is 0 Å². The van der Waals surface area contributed by atoms with Gasteiger partial charge in [0, 0.05) is 12.7 Å². The van der Waals surface area contributed by atoms with E-state index in [1.807, 2.05) is 6.07 Å². The summed E-state index contributed by atoms with van der Waals surface area (Å²) in [6.45, 7) is 3.22. The van der Waals surface area contributed by atoms with Crippen molar-refractivity contribution in [3.63, 3.8) is 0 Å². The molecule has 0 bridgehead atoms. The van der Waals surface area contributed by atoms with Crippen molar-refractivity contribution in [2.45, 2.75) is 19.9 Å². The van der Waals surface area contributed by atoms with Crippen LogP contribution < -0.4 is 10.6 Å². The highest BCUT2D eigenvalue weighted by Gasteiger charge is 2.18. The van der Waals surface area contributed by atoms with Crippen LogP contribution in [0.25, 0.3) is 0 Å². The maximum absolute atomic E-state index is 14.5. The van der Waals surface area contributed by atoms with Crippen LogP contribution in [0.3, 0.4) is 0 Å². The Morgan fingerprint density at radius 2 is 2.24 bits per heavy atom. The lowest BCUT2D eigenvalue weighted by atomic mass is 9.99. The first-order chi connectivity index (χ1) is 10.2. The van der Waals surface area contributed by atoms with E-state index in [2.05, 4.69) is 15.6 Å². The van der Waals surface area contributed by atoms with Crippen molar-refractivity contribution < 1.29 is 9.18 Å². The second-order valence-corrected chi connectivity index (χ2v) is 5.11.